The second-order valence-corrected chi connectivity index (χ2v) is 4.55. The number of nitrogens with one attached hydrogen (secondary N) is 1. The van der Waals surface area contributed by atoms with E-state index in [0.717, 1.165) is 0 Å². The molecule has 0 saturated carbocycles. The largest absolute Gasteiger partial charge is 0.394 e. The third-order valence-electron chi connectivity index (χ3n) is 2.89. The number of aromatic amines is 1. The zero-order valence-corrected chi connectivity index (χ0v) is 10.5. The molecule has 2 rings (SSSR count). The maximum absolute atomic E-state index is 11.7. The number of hydrogen-bond donors (Lipinski definition) is 3. The molecule has 0 aliphatic carbocycles. The summed E-state index contributed by atoms with van der Waals surface area (Å²) in [4.78, 5) is 24.8. The molecule has 0 aromatic carbocycles. The van der Waals surface area contributed by atoms with Crippen molar-refractivity contribution in [1.29, 1.82) is 0 Å². The van der Waals surface area contributed by atoms with Crippen LogP contribution in [-0.4, -0.2) is 45.8 Å². The van der Waals surface area contributed by atoms with Gasteiger partial charge in [0.25, 0.3) is 5.56 Å². The Morgan fingerprint density at radius 3 is 2.89 bits per heavy atom. The molecule has 1 saturated heterocycles. The van der Waals surface area contributed by atoms with Gasteiger partial charge in [0.15, 0.2) is 6.23 Å². The van der Waals surface area contributed by atoms with E-state index in [1.54, 1.807) is 0 Å². The van der Waals surface area contributed by atoms with Gasteiger partial charge in [-0.1, -0.05) is 0 Å². The van der Waals surface area contributed by atoms with Crippen LogP contribution in [0, 0.1) is 0 Å². The van der Waals surface area contributed by atoms with Gasteiger partial charge < -0.3 is 14.6 Å². The van der Waals surface area contributed by atoms with Gasteiger partial charge in [0, 0.05) is 19.4 Å². The molecule has 18 heavy (non-hydrogen) atoms. The van der Waals surface area contributed by atoms with Crippen LogP contribution in [0.5, 0.6) is 0 Å². The van der Waals surface area contributed by atoms with E-state index in [-0.39, 0.29) is 11.9 Å². The first-order chi connectivity index (χ1) is 8.58. The molecule has 1 aromatic heterocycles. The molecule has 2 heterocycles. The van der Waals surface area contributed by atoms with Crippen LogP contribution in [0.1, 0.15) is 6.23 Å². The Bertz CT molecular complexity index is 527. The van der Waals surface area contributed by atoms with Gasteiger partial charge in [0.1, 0.15) is 6.10 Å². The Balaban J connectivity index is 2.38. The summed E-state index contributed by atoms with van der Waals surface area (Å²) in [6.07, 6.45) is -0.409. The van der Waals surface area contributed by atoms with Crippen molar-refractivity contribution in [3.05, 3.63) is 33.1 Å². The van der Waals surface area contributed by atoms with E-state index in [0.29, 0.717) is 0 Å². The number of aromatic nitrogens is 2. The quantitative estimate of drug-likeness (QED) is 0.598. The third-order valence-corrected chi connectivity index (χ3v) is 3.52. The molecule has 1 aromatic rings. The Morgan fingerprint density at radius 2 is 2.33 bits per heavy atom. The van der Waals surface area contributed by atoms with Gasteiger partial charge in [-0.15, -0.1) is 0 Å². The number of thiol groups is 1. The fourth-order valence-electron chi connectivity index (χ4n) is 1.98. The van der Waals surface area contributed by atoms with Crippen LogP contribution in [0.3, 0.4) is 0 Å². The molecule has 0 unspecified atom stereocenters. The molecule has 8 heteroatoms. The topological polar surface area (TPSA) is 93.5 Å². The van der Waals surface area contributed by atoms with Crippen LogP contribution >= 0.6 is 12.6 Å². The standard InChI is InChI=1S/C10H14N2O5S/c1-16-7-8(18)5(4-13)17-9(7)12-3-2-6(14)11-10(12)15/h2-3,5,7-9,13,18H,4H2,1H3,(H,11,14,15)/t5-,7+,8+,9-/m1/s1. The molecule has 1 fully saturated rings. The number of methoxy groups -OCH3 is 1. The highest BCUT2D eigenvalue weighted by Crippen LogP contribution is 2.33. The lowest BCUT2D eigenvalue weighted by atomic mass is 10.2. The smallest absolute Gasteiger partial charge is 0.330 e. The van der Waals surface area contributed by atoms with E-state index in [1.165, 1.54) is 23.9 Å². The van der Waals surface area contributed by atoms with Crippen molar-refractivity contribution in [2.45, 2.75) is 23.7 Å². The summed E-state index contributed by atoms with van der Waals surface area (Å²) in [5.74, 6) is 0. The highest BCUT2D eigenvalue weighted by atomic mass is 32.1. The van der Waals surface area contributed by atoms with E-state index in [4.69, 9.17) is 14.6 Å². The van der Waals surface area contributed by atoms with Crippen molar-refractivity contribution in [3.63, 3.8) is 0 Å². The van der Waals surface area contributed by atoms with Gasteiger partial charge in [-0.2, -0.15) is 12.6 Å². The average molecular weight is 274 g/mol. The van der Waals surface area contributed by atoms with E-state index in [1.807, 2.05) is 0 Å². The van der Waals surface area contributed by atoms with Gasteiger partial charge in [-0.05, 0) is 0 Å². The van der Waals surface area contributed by atoms with Crippen LogP contribution < -0.4 is 11.2 Å². The summed E-state index contributed by atoms with van der Waals surface area (Å²) in [6, 6.07) is 1.22. The number of hydrogen-bond acceptors (Lipinski definition) is 6. The Morgan fingerprint density at radius 1 is 1.61 bits per heavy atom. The number of H-pyrrole nitrogens is 1. The molecule has 0 radical (unpaired) electrons. The van der Waals surface area contributed by atoms with Crippen molar-refractivity contribution in [3.8, 4) is 0 Å². The summed E-state index contributed by atoms with van der Waals surface area (Å²) in [7, 11) is 1.47. The minimum absolute atomic E-state index is 0.220. The third kappa shape index (κ3) is 2.24. The van der Waals surface area contributed by atoms with Crippen molar-refractivity contribution >= 4 is 12.6 Å². The summed E-state index contributed by atoms with van der Waals surface area (Å²) in [5, 5.41) is 8.80. The van der Waals surface area contributed by atoms with Crippen LogP contribution in [-0.2, 0) is 9.47 Å². The van der Waals surface area contributed by atoms with Crippen LogP contribution in [0.4, 0.5) is 0 Å². The van der Waals surface area contributed by atoms with Crippen LogP contribution in [0.2, 0.25) is 0 Å². The minimum Gasteiger partial charge on any atom is -0.394 e. The maximum atomic E-state index is 11.7. The molecule has 1 aliphatic heterocycles. The molecule has 0 spiro atoms. The normalized spacial score (nSPS) is 31.7. The summed E-state index contributed by atoms with van der Waals surface area (Å²) in [6.45, 7) is -0.220. The van der Waals surface area contributed by atoms with E-state index >= 15 is 0 Å². The van der Waals surface area contributed by atoms with Gasteiger partial charge in [0.2, 0.25) is 0 Å². The molecule has 0 amide bonds. The van der Waals surface area contributed by atoms with Crippen LogP contribution in [0.25, 0.3) is 0 Å². The lowest BCUT2D eigenvalue weighted by molar-refractivity contribution is -0.0625. The SMILES string of the molecule is CO[C@H]1[C@@H](S)[C@@H](CO)O[C@H]1n1ccc(=O)[nH]c1=O. The molecule has 1 aliphatic rings. The number of rotatable bonds is 3. The fraction of sp³-hybridized carbons (Fsp3) is 0.600. The molecule has 7 nitrogen and oxygen atoms in total. The monoisotopic (exact) mass is 274 g/mol. The lowest BCUT2D eigenvalue weighted by Gasteiger charge is -2.20. The van der Waals surface area contributed by atoms with Crippen molar-refractivity contribution in [2.75, 3.05) is 13.7 Å². The Hall–Kier alpha value is -1.09. The van der Waals surface area contributed by atoms with E-state index in [2.05, 4.69) is 17.6 Å². The number of aliphatic hydroxyl groups is 1. The predicted octanol–water partition coefficient (Wildman–Crippen LogP) is -1.26. The molecule has 2 N–H and O–H groups in total. The molecule has 4 atom stereocenters. The second-order valence-electron chi connectivity index (χ2n) is 3.96. The number of aliphatic hydroxyl groups excluding tert-OH is 1. The maximum Gasteiger partial charge on any atom is 0.330 e. The van der Waals surface area contributed by atoms with E-state index in [9.17, 15) is 9.59 Å². The Labute approximate surface area is 108 Å². The molecule has 100 valence electrons. The van der Waals surface area contributed by atoms with E-state index < -0.39 is 29.7 Å². The first kappa shape index (κ1) is 13.3. The van der Waals surface area contributed by atoms with Crippen molar-refractivity contribution < 1.29 is 14.6 Å². The van der Waals surface area contributed by atoms with Crippen molar-refractivity contribution in [1.82, 2.24) is 9.55 Å². The fourth-order valence-corrected chi connectivity index (χ4v) is 2.41. The summed E-state index contributed by atoms with van der Waals surface area (Å²) in [5.41, 5.74) is -1.07. The summed E-state index contributed by atoms with van der Waals surface area (Å²) >= 11 is 4.31. The molecular formula is C10H14N2O5S. The zero-order chi connectivity index (χ0) is 13.3. The second kappa shape index (κ2) is 5.27. The zero-order valence-electron chi connectivity index (χ0n) is 9.65. The number of ether oxygens (including phenoxy) is 2. The van der Waals surface area contributed by atoms with Gasteiger partial charge in [-0.3, -0.25) is 14.3 Å². The van der Waals surface area contributed by atoms with Gasteiger partial charge in [0.05, 0.1) is 18.0 Å². The van der Waals surface area contributed by atoms with Gasteiger partial charge in [-0.25, -0.2) is 4.79 Å². The Kier molecular flexibility index (Phi) is 3.91. The predicted molar refractivity (Wildman–Crippen MR) is 65.9 cm³/mol. The average Bonchev–Trinajstić information content (AvgIpc) is 2.65. The summed E-state index contributed by atoms with van der Waals surface area (Å²) < 4.78 is 12.0. The first-order valence-electron chi connectivity index (χ1n) is 5.37. The highest BCUT2D eigenvalue weighted by molar-refractivity contribution is 7.81. The van der Waals surface area contributed by atoms with Crippen molar-refractivity contribution in [2.24, 2.45) is 0 Å². The number of nitrogens with zero attached hydrogens (tertiary/aromatic N) is 1. The molecular weight excluding hydrogens is 260 g/mol. The highest BCUT2D eigenvalue weighted by Gasteiger charge is 2.44. The van der Waals surface area contributed by atoms with Crippen LogP contribution in [0.15, 0.2) is 21.9 Å². The first-order valence-corrected chi connectivity index (χ1v) is 5.88. The lowest BCUT2D eigenvalue weighted by Crippen LogP contribution is -2.37. The molecule has 0 bridgehead atoms. The minimum atomic E-state index is -0.723. The van der Waals surface area contributed by atoms with Gasteiger partial charge >= 0.3 is 5.69 Å².